The molecule has 0 fully saturated rings. The highest BCUT2D eigenvalue weighted by Crippen LogP contribution is 2.31. The lowest BCUT2D eigenvalue weighted by Gasteiger charge is -2.14. The second-order valence-corrected chi connectivity index (χ2v) is 7.45. The fourth-order valence-electron chi connectivity index (χ4n) is 3.43. The Hall–Kier alpha value is -3.84. The molecule has 0 aliphatic rings. The number of ether oxygens (including phenoxy) is 3. The first-order valence-corrected chi connectivity index (χ1v) is 10.3. The Kier molecular flexibility index (Phi) is 6.33. The molecule has 4 rings (SSSR count). The van der Waals surface area contributed by atoms with E-state index < -0.39 is 0 Å². The summed E-state index contributed by atoms with van der Waals surface area (Å²) in [6.07, 6.45) is 3.43. The average Bonchev–Trinajstić information content (AvgIpc) is 2.83. The largest absolute Gasteiger partial charge is 0.495 e. The number of methoxy groups -OCH3 is 3. The van der Waals surface area contributed by atoms with Crippen LogP contribution < -0.4 is 19.8 Å². The van der Waals surface area contributed by atoms with Crippen LogP contribution in [-0.4, -0.2) is 30.9 Å². The molecule has 0 saturated carbocycles. The number of rotatable bonds is 6. The van der Waals surface area contributed by atoms with Crippen molar-refractivity contribution >= 4 is 34.7 Å². The number of nitrogens with zero attached hydrogens (tertiary/aromatic N) is 2. The van der Waals surface area contributed by atoms with Crippen LogP contribution in [0, 0.1) is 5.82 Å². The second-order valence-electron chi connectivity index (χ2n) is 7.04. The third kappa shape index (κ3) is 4.40. The van der Waals surface area contributed by atoms with Crippen molar-refractivity contribution in [2.75, 3.05) is 21.3 Å². The van der Waals surface area contributed by atoms with Gasteiger partial charge in [-0.3, -0.25) is 9.36 Å². The first-order valence-electron chi connectivity index (χ1n) is 9.91. The lowest BCUT2D eigenvalue weighted by atomic mass is 10.2. The molecule has 6 nitrogen and oxygen atoms in total. The predicted octanol–water partition coefficient (Wildman–Crippen LogP) is 5.37. The molecule has 3 aromatic carbocycles. The third-order valence-electron chi connectivity index (χ3n) is 5.09. The summed E-state index contributed by atoms with van der Waals surface area (Å²) >= 11 is 6.33. The summed E-state index contributed by atoms with van der Waals surface area (Å²) in [6, 6.07) is 14.3. The van der Waals surface area contributed by atoms with Crippen molar-refractivity contribution in [3.8, 4) is 22.9 Å². The van der Waals surface area contributed by atoms with Gasteiger partial charge in [0.1, 0.15) is 17.4 Å². The molecular formula is C25H20ClFN2O4. The van der Waals surface area contributed by atoms with Crippen molar-refractivity contribution in [1.82, 2.24) is 9.55 Å². The van der Waals surface area contributed by atoms with Gasteiger partial charge in [-0.1, -0.05) is 29.8 Å². The molecule has 1 heterocycles. The molecule has 33 heavy (non-hydrogen) atoms. The molecular weight excluding hydrogens is 447 g/mol. The van der Waals surface area contributed by atoms with Crippen LogP contribution in [0.2, 0.25) is 5.02 Å². The van der Waals surface area contributed by atoms with Crippen molar-refractivity contribution in [2.24, 2.45) is 0 Å². The molecule has 0 atom stereocenters. The summed E-state index contributed by atoms with van der Waals surface area (Å²) in [5.74, 6) is 1.37. The smallest absolute Gasteiger partial charge is 0.266 e. The van der Waals surface area contributed by atoms with Crippen LogP contribution in [0.4, 0.5) is 4.39 Å². The monoisotopic (exact) mass is 466 g/mol. The van der Waals surface area contributed by atoms with Gasteiger partial charge in [0.05, 0.1) is 42.9 Å². The lowest BCUT2D eigenvalue weighted by Crippen LogP contribution is -2.22. The molecule has 0 unspecified atom stereocenters. The van der Waals surface area contributed by atoms with E-state index in [0.717, 1.165) is 5.56 Å². The van der Waals surface area contributed by atoms with E-state index in [0.29, 0.717) is 44.7 Å². The summed E-state index contributed by atoms with van der Waals surface area (Å²) in [4.78, 5) is 18.3. The first kappa shape index (κ1) is 22.4. The molecule has 0 bridgehead atoms. The second kappa shape index (κ2) is 9.34. The van der Waals surface area contributed by atoms with Gasteiger partial charge in [-0.2, -0.15) is 0 Å². The van der Waals surface area contributed by atoms with E-state index in [1.165, 1.54) is 38.0 Å². The van der Waals surface area contributed by atoms with E-state index >= 15 is 0 Å². The molecule has 0 saturated heterocycles. The zero-order valence-electron chi connectivity index (χ0n) is 18.1. The van der Waals surface area contributed by atoms with Gasteiger partial charge in [0, 0.05) is 6.07 Å². The van der Waals surface area contributed by atoms with Crippen LogP contribution in [0.5, 0.6) is 17.2 Å². The molecule has 4 aromatic rings. The van der Waals surface area contributed by atoms with E-state index in [2.05, 4.69) is 0 Å². The summed E-state index contributed by atoms with van der Waals surface area (Å²) in [6.45, 7) is 0. The molecule has 0 spiro atoms. The fraction of sp³-hybridized carbons (Fsp3) is 0.120. The minimum Gasteiger partial charge on any atom is -0.495 e. The highest BCUT2D eigenvalue weighted by molar-refractivity contribution is 6.32. The van der Waals surface area contributed by atoms with Crippen molar-refractivity contribution < 1.29 is 18.6 Å². The summed E-state index contributed by atoms with van der Waals surface area (Å²) in [5.41, 5.74) is 1.37. The van der Waals surface area contributed by atoms with Crippen molar-refractivity contribution in [3.63, 3.8) is 0 Å². The Bertz CT molecular complexity index is 1420. The number of fused-ring (bicyclic) bond motifs is 1. The maximum atomic E-state index is 13.6. The van der Waals surface area contributed by atoms with E-state index in [9.17, 15) is 9.18 Å². The van der Waals surface area contributed by atoms with E-state index in [-0.39, 0.29) is 11.4 Å². The van der Waals surface area contributed by atoms with Gasteiger partial charge in [-0.15, -0.1) is 0 Å². The number of benzene rings is 3. The minimum atomic E-state index is -0.332. The SMILES string of the molecule is COc1ccc(-n2c(/C=C\c3ccc(F)cc3)nc3cc(OC)c(OC)cc3c2=O)cc1Cl. The van der Waals surface area contributed by atoms with Gasteiger partial charge in [0.2, 0.25) is 0 Å². The minimum absolute atomic E-state index is 0.319. The van der Waals surface area contributed by atoms with Crippen molar-refractivity contribution in [3.05, 3.63) is 87.2 Å². The number of halogens is 2. The molecule has 0 N–H and O–H groups in total. The van der Waals surface area contributed by atoms with Gasteiger partial charge in [0.25, 0.3) is 5.56 Å². The maximum absolute atomic E-state index is 13.6. The predicted molar refractivity (Wildman–Crippen MR) is 127 cm³/mol. The zero-order valence-corrected chi connectivity index (χ0v) is 18.9. The van der Waals surface area contributed by atoms with Gasteiger partial charge >= 0.3 is 0 Å². The standard InChI is InChI=1S/C25H20ClFN2O4/c1-31-21-10-9-17(12-19(21)26)29-24(11-6-15-4-7-16(27)8-5-15)28-20-14-23(33-3)22(32-2)13-18(20)25(29)30/h4-14H,1-3H3/b11-6-. The van der Waals surface area contributed by atoms with Crippen LogP contribution >= 0.6 is 11.6 Å². The highest BCUT2D eigenvalue weighted by Gasteiger charge is 2.16. The van der Waals surface area contributed by atoms with E-state index in [4.69, 9.17) is 30.8 Å². The lowest BCUT2D eigenvalue weighted by molar-refractivity contribution is 0.355. The number of hydrogen-bond donors (Lipinski definition) is 0. The molecule has 0 aliphatic carbocycles. The molecule has 0 radical (unpaired) electrons. The fourth-order valence-corrected chi connectivity index (χ4v) is 3.68. The van der Waals surface area contributed by atoms with Gasteiger partial charge in [0.15, 0.2) is 11.5 Å². The van der Waals surface area contributed by atoms with E-state index in [1.54, 1.807) is 54.6 Å². The molecule has 0 amide bonds. The maximum Gasteiger partial charge on any atom is 0.266 e. The Morgan fingerprint density at radius 2 is 1.55 bits per heavy atom. The quantitative estimate of drug-likeness (QED) is 0.382. The number of aromatic nitrogens is 2. The van der Waals surface area contributed by atoms with Crippen molar-refractivity contribution in [1.29, 1.82) is 0 Å². The Balaban J connectivity index is 1.98. The van der Waals surface area contributed by atoms with E-state index in [1.807, 2.05) is 0 Å². The summed E-state index contributed by atoms with van der Waals surface area (Å²) in [5, 5.41) is 0.696. The summed E-state index contributed by atoms with van der Waals surface area (Å²) in [7, 11) is 4.53. The molecule has 168 valence electrons. The zero-order chi connectivity index (χ0) is 23.5. The van der Waals surface area contributed by atoms with Crippen LogP contribution in [0.3, 0.4) is 0 Å². The molecule has 1 aromatic heterocycles. The number of hydrogen-bond acceptors (Lipinski definition) is 5. The van der Waals surface area contributed by atoms with Crippen LogP contribution in [0.1, 0.15) is 11.4 Å². The molecule has 0 aliphatic heterocycles. The van der Waals surface area contributed by atoms with Crippen molar-refractivity contribution in [2.45, 2.75) is 0 Å². The Labute approximate surface area is 194 Å². The van der Waals surface area contributed by atoms with Gasteiger partial charge < -0.3 is 14.2 Å². The average molecular weight is 467 g/mol. The first-order chi connectivity index (χ1) is 15.9. The molecule has 8 heteroatoms. The van der Waals surface area contributed by atoms with Gasteiger partial charge in [-0.05, 0) is 48.0 Å². The Morgan fingerprint density at radius 3 is 2.18 bits per heavy atom. The Morgan fingerprint density at radius 1 is 0.879 bits per heavy atom. The van der Waals surface area contributed by atoms with Crippen LogP contribution in [0.25, 0.3) is 28.7 Å². The third-order valence-corrected chi connectivity index (χ3v) is 5.38. The van der Waals surface area contributed by atoms with Gasteiger partial charge in [-0.25, -0.2) is 9.37 Å². The normalized spacial score (nSPS) is 11.2. The van der Waals surface area contributed by atoms with Crippen LogP contribution in [-0.2, 0) is 0 Å². The van der Waals surface area contributed by atoms with Crippen LogP contribution in [0.15, 0.2) is 59.4 Å². The summed E-state index contributed by atoms with van der Waals surface area (Å²) < 4.78 is 30.7. The highest BCUT2D eigenvalue weighted by atomic mass is 35.5. The topological polar surface area (TPSA) is 62.6 Å².